The van der Waals surface area contributed by atoms with Gasteiger partial charge in [-0.2, -0.15) is 0 Å². The van der Waals surface area contributed by atoms with Gasteiger partial charge < -0.3 is 10.4 Å². The van der Waals surface area contributed by atoms with Crippen molar-refractivity contribution in [3.8, 4) is 28.1 Å². The fourth-order valence-electron chi connectivity index (χ4n) is 2.79. The minimum absolute atomic E-state index is 0.175. The Morgan fingerprint density at radius 3 is 2.62 bits per heavy atom. The molecule has 4 heteroatoms. The van der Waals surface area contributed by atoms with Gasteiger partial charge in [0.15, 0.2) is 0 Å². The Bertz CT molecular complexity index is 924. The number of aryl methyl sites for hydroxylation is 1. The van der Waals surface area contributed by atoms with Crippen molar-refractivity contribution in [3.05, 3.63) is 66.0 Å². The highest BCUT2D eigenvalue weighted by Crippen LogP contribution is 2.33. The summed E-state index contributed by atoms with van der Waals surface area (Å²) in [4.78, 5) is 4.68. The van der Waals surface area contributed by atoms with Crippen molar-refractivity contribution in [3.63, 3.8) is 0 Å². The maximum Gasteiger partial charge on any atom is 0.127 e. The number of benzene rings is 2. The summed E-state index contributed by atoms with van der Waals surface area (Å²) in [5.41, 5.74) is 3.97. The molecule has 0 amide bonds. The molecule has 3 rings (SSSR count). The number of anilines is 1. The lowest BCUT2D eigenvalue weighted by Crippen LogP contribution is -2.14. The lowest BCUT2D eigenvalue weighted by molar-refractivity contribution is 0.477. The van der Waals surface area contributed by atoms with Crippen molar-refractivity contribution in [1.82, 2.24) is 4.98 Å². The first-order chi connectivity index (χ1) is 12.5. The van der Waals surface area contributed by atoms with Gasteiger partial charge in [0.1, 0.15) is 17.4 Å². The molecule has 0 aliphatic heterocycles. The van der Waals surface area contributed by atoms with Gasteiger partial charge in [0.05, 0.1) is 5.69 Å². The van der Waals surface area contributed by atoms with Crippen LogP contribution in [0, 0.1) is 12.7 Å². The minimum Gasteiger partial charge on any atom is -0.507 e. The molecular weight excluding hydrogens is 327 g/mol. The molecule has 0 aliphatic carbocycles. The third-order valence-electron chi connectivity index (χ3n) is 4.42. The van der Waals surface area contributed by atoms with E-state index in [0.29, 0.717) is 17.1 Å². The zero-order valence-electron chi connectivity index (χ0n) is 15.3. The summed E-state index contributed by atoms with van der Waals surface area (Å²) in [6.07, 6.45) is 0.955. The van der Waals surface area contributed by atoms with E-state index in [1.807, 2.05) is 37.3 Å². The Morgan fingerprint density at radius 1 is 1.08 bits per heavy atom. The number of pyridine rings is 1. The Balaban J connectivity index is 2.15. The van der Waals surface area contributed by atoms with Crippen LogP contribution in [0.25, 0.3) is 22.4 Å². The molecule has 0 fully saturated rings. The number of hydrogen-bond acceptors (Lipinski definition) is 3. The molecule has 0 aliphatic rings. The van der Waals surface area contributed by atoms with Crippen LogP contribution in [0.2, 0.25) is 0 Å². The third kappa shape index (κ3) is 4.02. The summed E-state index contributed by atoms with van der Waals surface area (Å²) in [7, 11) is 0. The molecule has 0 saturated heterocycles. The average Bonchev–Trinajstić information content (AvgIpc) is 2.63. The first kappa shape index (κ1) is 17.9. The highest BCUT2D eigenvalue weighted by Gasteiger charge is 2.12. The van der Waals surface area contributed by atoms with Gasteiger partial charge in [0.25, 0.3) is 0 Å². The Morgan fingerprint density at radius 2 is 1.88 bits per heavy atom. The van der Waals surface area contributed by atoms with Gasteiger partial charge in [-0.25, -0.2) is 9.37 Å². The predicted molar refractivity (Wildman–Crippen MR) is 105 cm³/mol. The fourth-order valence-corrected chi connectivity index (χ4v) is 2.79. The standard InChI is InChI=1S/C22H23FN2O/c1-4-15(3)24-22-13-17(16-6-5-7-18(23)11-16)12-20(25-22)19-10-14(2)8-9-21(19)26/h5-13,15,26H,4H2,1-3H3,(H,24,25). The molecule has 1 heterocycles. The molecule has 2 aromatic carbocycles. The molecule has 134 valence electrons. The van der Waals surface area contributed by atoms with E-state index >= 15 is 0 Å². The van der Waals surface area contributed by atoms with Crippen molar-refractivity contribution in [2.24, 2.45) is 0 Å². The Kier molecular flexibility index (Phi) is 5.21. The van der Waals surface area contributed by atoms with Gasteiger partial charge in [-0.05, 0) is 67.8 Å². The molecule has 1 aromatic heterocycles. The lowest BCUT2D eigenvalue weighted by Gasteiger charge is -2.16. The fraction of sp³-hybridized carbons (Fsp3) is 0.227. The quantitative estimate of drug-likeness (QED) is 0.613. The number of nitrogens with zero attached hydrogens (tertiary/aromatic N) is 1. The zero-order valence-corrected chi connectivity index (χ0v) is 15.3. The average molecular weight is 350 g/mol. The molecule has 2 N–H and O–H groups in total. The number of rotatable bonds is 5. The number of aromatic nitrogens is 1. The molecule has 0 saturated carbocycles. The second kappa shape index (κ2) is 7.56. The van der Waals surface area contributed by atoms with Crippen molar-refractivity contribution in [2.45, 2.75) is 33.2 Å². The van der Waals surface area contributed by atoms with Crippen LogP contribution in [0.4, 0.5) is 10.2 Å². The zero-order chi connectivity index (χ0) is 18.7. The molecule has 3 nitrogen and oxygen atoms in total. The Hall–Kier alpha value is -2.88. The van der Waals surface area contributed by atoms with Gasteiger partial charge in [0, 0.05) is 11.6 Å². The summed E-state index contributed by atoms with van der Waals surface area (Å²) in [6.45, 7) is 6.15. The van der Waals surface area contributed by atoms with Crippen LogP contribution in [0.3, 0.4) is 0 Å². The summed E-state index contributed by atoms with van der Waals surface area (Å²) in [5.74, 6) is 0.599. The maximum absolute atomic E-state index is 13.7. The largest absolute Gasteiger partial charge is 0.507 e. The normalized spacial score (nSPS) is 12.0. The molecule has 1 unspecified atom stereocenters. The van der Waals surface area contributed by atoms with E-state index < -0.39 is 0 Å². The van der Waals surface area contributed by atoms with Crippen molar-refractivity contribution in [1.29, 1.82) is 0 Å². The van der Waals surface area contributed by atoms with Gasteiger partial charge >= 0.3 is 0 Å². The van der Waals surface area contributed by atoms with E-state index in [1.54, 1.807) is 12.1 Å². The van der Waals surface area contributed by atoms with Crippen LogP contribution < -0.4 is 5.32 Å². The Labute approximate surface area is 153 Å². The molecule has 26 heavy (non-hydrogen) atoms. The second-order valence-electron chi connectivity index (χ2n) is 6.61. The predicted octanol–water partition coefficient (Wildman–Crippen LogP) is 5.78. The van der Waals surface area contributed by atoms with Crippen molar-refractivity contribution >= 4 is 5.82 Å². The van der Waals surface area contributed by atoms with E-state index in [0.717, 1.165) is 23.1 Å². The summed E-state index contributed by atoms with van der Waals surface area (Å²) in [6, 6.07) is 16.0. The third-order valence-corrected chi connectivity index (χ3v) is 4.42. The van der Waals surface area contributed by atoms with Crippen LogP contribution in [0.1, 0.15) is 25.8 Å². The number of phenols is 1. The highest BCUT2D eigenvalue weighted by atomic mass is 19.1. The smallest absolute Gasteiger partial charge is 0.127 e. The molecule has 0 radical (unpaired) electrons. The van der Waals surface area contributed by atoms with Crippen molar-refractivity contribution < 1.29 is 9.50 Å². The van der Waals surface area contributed by atoms with Crippen molar-refractivity contribution in [2.75, 3.05) is 5.32 Å². The molecule has 0 spiro atoms. The first-order valence-electron chi connectivity index (χ1n) is 8.81. The number of halogens is 1. The van der Waals surface area contributed by atoms with Gasteiger partial charge in [-0.15, -0.1) is 0 Å². The summed E-state index contributed by atoms with van der Waals surface area (Å²) < 4.78 is 13.7. The molecule has 3 aromatic rings. The number of nitrogens with one attached hydrogen (secondary N) is 1. The van der Waals surface area contributed by atoms with Gasteiger partial charge in [0.2, 0.25) is 0 Å². The van der Waals surface area contributed by atoms with E-state index in [9.17, 15) is 9.50 Å². The highest BCUT2D eigenvalue weighted by molar-refractivity contribution is 5.76. The molecule has 0 bridgehead atoms. The van der Waals surface area contributed by atoms with E-state index in [4.69, 9.17) is 0 Å². The van der Waals surface area contributed by atoms with Crippen LogP contribution in [-0.2, 0) is 0 Å². The SMILES string of the molecule is CCC(C)Nc1cc(-c2cccc(F)c2)cc(-c2cc(C)ccc2O)n1. The van der Waals surface area contributed by atoms with Crippen LogP contribution in [0.15, 0.2) is 54.6 Å². The van der Waals surface area contributed by atoms with Crippen LogP contribution >= 0.6 is 0 Å². The summed E-state index contributed by atoms with van der Waals surface area (Å²) in [5, 5.41) is 13.7. The van der Waals surface area contributed by atoms with Gasteiger partial charge in [-0.3, -0.25) is 0 Å². The van der Waals surface area contributed by atoms with E-state index in [2.05, 4.69) is 24.1 Å². The number of phenolic OH excluding ortho intramolecular Hbond substituents is 1. The number of aromatic hydroxyl groups is 1. The molecule has 1 atom stereocenters. The molecular formula is C22H23FN2O. The van der Waals surface area contributed by atoms with Gasteiger partial charge in [-0.1, -0.05) is 30.7 Å². The summed E-state index contributed by atoms with van der Waals surface area (Å²) >= 11 is 0. The van der Waals surface area contributed by atoms with E-state index in [1.165, 1.54) is 12.1 Å². The lowest BCUT2D eigenvalue weighted by atomic mass is 10.0. The first-order valence-corrected chi connectivity index (χ1v) is 8.81. The minimum atomic E-state index is -0.282. The van der Waals surface area contributed by atoms with E-state index in [-0.39, 0.29) is 17.6 Å². The maximum atomic E-state index is 13.7. The topological polar surface area (TPSA) is 45.1 Å². The monoisotopic (exact) mass is 350 g/mol. The number of hydrogen-bond donors (Lipinski definition) is 2. The van der Waals surface area contributed by atoms with Crippen LogP contribution in [0.5, 0.6) is 5.75 Å². The second-order valence-corrected chi connectivity index (χ2v) is 6.61. The van der Waals surface area contributed by atoms with Crippen LogP contribution in [-0.4, -0.2) is 16.1 Å².